The van der Waals surface area contributed by atoms with Gasteiger partial charge in [0.2, 0.25) is 0 Å². The largest absolute Gasteiger partial charge is 0.299 e. The van der Waals surface area contributed by atoms with Crippen LogP contribution >= 0.6 is 11.8 Å². The molecule has 0 aliphatic carbocycles. The minimum absolute atomic E-state index is 0.849. The Balaban J connectivity index is 3.66. The van der Waals surface area contributed by atoms with Crippen molar-refractivity contribution in [3.63, 3.8) is 0 Å². The molecule has 0 N–H and O–H groups in total. The number of rotatable bonds is 4. The van der Waals surface area contributed by atoms with Gasteiger partial charge in [-0.1, -0.05) is 13.3 Å². The lowest BCUT2D eigenvalue weighted by Crippen LogP contribution is -1.75. The molecule has 1 nitrogen and oxygen atoms in total. The number of carbonyl (C=O) groups is 1. The van der Waals surface area contributed by atoms with Crippen molar-refractivity contribution in [2.45, 2.75) is 19.8 Å². The van der Waals surface area contributed by atoms with Crippen LogP contribution < -0.4 is 0 Å². The van der Waals surface area contributed by atoms with Gasteiger partial charge in [-0.15, -0.1) is 11.8 Å². The third-order valence-electron chi connectivity index (χ3n) is 1.01. The molecule has 0 aromatic rings. The predicted molar refractivity (Wildman–Crippen MR) is 42.6 cm³/mol. The van der Waals surface area contributed by atoms with E-state index in [1.54, 1.807) is 17.8 Å². The Morgan fingerprint density at radius 2 is 2.33 bits per heavy atom. The van der Waals surface area contributed by atoms with E-state index in [0.717, 1.165) is 19.1 Å². The van der Waals surface area contributed by atoms with Crippen molar-refractivity contribution < 1.29 is 4.79 Å². The number of thioether (sulfide) groups is 1. The number of hydrogen-bond donors (Lipinski definition) is 0. The smallest absolute Gasteiger partial charge is 0.143 e. The number of aldehydes is 1. The molecule has 0 saturated heterocycles. The second kappa shape index (κ2) is 5.89. The Labute approximate surface area is 60.5 Å². The summed E-state index contributed by atoms with van der Waals surface area (Å²) in [6.07, 6.45) is 6.61. The molecule has 0 unspecified atom stereocenters. The maximum atomic E-state index is 9.96. The Hall–Kier alpha value is -0.240. The Kier molecular flexibility index (Phi) is 5.73. The molecule has 0 saturated carbocycles. The van der Waals surface area contributed by atoms with Crippen molar-refractivity contribution >= 4 is 18.0 Å². The summed E-state index contributed by atoms with van der Waals surface area (Å²) in [5.41, 5.74) is 0. The summed E-state index contributed by atoms with van der Waals surface area (Å²) in [4.78, 5) is 11.1. The highest BCUT2D eigenvalue weighted by atomic mass is 32.2. The Morgan fingerprint density at radius 3 is 2.67 bits per heavy atom. The lowest BCUT2D eigenvalue weighted by molar-refractivity contribution is -0.104. The zero-order chi connectivity index (χ0) is 7.11. The molecule has 0 aromatic heterocycles. The molecule has 0 aromatic carbocycles. The minimum Gasteiger partial charge on any atom is -0.299 e. The standard InChI is InChI=1S/C7H12OS/c1-3-4-7(9-2)5-6-8/h5-6H,3-4H2,1-2H3/b7-5-. The highest BCUT2D eigenvalue weighted by Crippen LogP contribution is 2.15. The molecule has 0 aliphatic rings. The van der Waals surface area contributed by atoms with Crippen LogP contribution in [0.15, 0.2) is 11.0 Å². The van der Waals surface area contributed by atoms with Crippen LogP contribution in [0.3, 0.4) is 0 Å². The molecule has 0 rings (SSSR count). The number of hydrogen-bond acceptors (Lipinski definition) is 2. The summed E-state index contributed by atoms with van der Waals surface area (Å²) in [6.45, 7) is 2.11. The van der Waals surface area contributed by atoms with E-state index in [1.165, 1.54) is 4.91 Å². The zero-order valence-electron chi connectivity index (χ0n) is 5.89. The van der Waals surface area contributed by atoms with Crippen LogP contribution in [0.2, 0.25) is 0 Å². The van der Waals surface area contributed by atoms with Gasteiger partial charge in [-0.25, -0.2) is 0 Å². The SMILES string of the molecule is CCC/C(=C/C=O)SC. The first-order valence-corrected chi connectivity index (χ1v) is 4.26. The van der Waals surface area contributed by atoms with E-state index in [4.69, 9.17) is 0 Å². The highest BCUT2D eigenvalue weighted by Gasteiger charge is 1.89. The molecular formula is C7H12OS. The maximum absolute atomic E-state index is 9.96. The van der Waals surface area contributed by atoms with E-state index < -0.39 is 0 Å². The van der Waals surface area contributed by atoms with Crippen molar-refractivity contribution in [1.82, 2.24) is 0 Å². The van der Waals surface area contributed by atoms with Crippen LogP contribution in [0.25, 0.3) is 0 Å². The average molecular weight is 144 g/mol. The third kappa shape index (κ3) is 4.28. The van der Waals surface area contributed by atoms with Gasteiger partial charge in [0.05, 0.1) is 0 Å². The van der Waals surface area contributed by atoms with Crippen LogP contribution in [0, 0.1) is 0 Å². The number of allylic oxidation sites excluding steroid dienone is 2. The molecule has 0 atom stereocenters. The van der Waals surface area contributed by atoms with Gasteiger partial charge in [-0.2, -0.15) is 0 Å². The van der Waals surface area contributed by atoms with Gasteiger partial charge in [0.1, 0.15) is 6.29 Å². The van der Waals surface area contributed by atoms with Crippen LogP contribution in [0.4, 0.5) is 0 Å². The van der Waals surface area contributed by atoms with Gasteiger partial charge in [0.25, 0.3) is 0 Å². The molecule has 0 spiro atoms. The molecule has 0 radical (unpaired) electrons. The Morgan fingerprint density at radius 1 is 1.67 bits per heavy atom. The molecule has 0 bridgehead atoms. The lowest BCUT2D eigenvalue weighted by atomic mass is 10.3. The summed E-state index contributed by atoms with van der Waals surface area (Å²) >= 11 is 1.65. The van der Waals surface area contributed by atoms with E-state index in [0.29, 0.717) is 0 Å². The van der Waals surface area contributed by atoms with Crippen LogP contribution in [-0.2, 0) is 4.79 Å². The topological polar surface area (TPSA) is 17.1 Å². The first-order chi connectivity index (χ1) is 4.35. The fourth-order valence-corrected chi connectivity index (χ4v) is 1.18. The van der Waals surface area contributed by atoms with Gasteiger partial charge in [-0.05, 0) is 23.7 Å². The predicted octanol–water partition coefficient (Wildman–Crippen LogP) is 2.23. The minimum atomic E-state index is 0.849. The summed E-state index contributed by atoms with van der Waals surface area (Å²) < 4.78 is 0. The first-order valence-electron chi connectivity index (χ1n) is 3.03. The summed E-state index contributed by atoms with van der Waals surface area (Å²) in [7, 11) is 0. The first kappa shape index (κ1) is 8.76. The quantitative estimate of drug-likeness (QED) is 0.444. The van der Waals surface area contributed by atoms with Gasteiger partial charge >= 0.3 is 0 Å². The van der Waals surface area contributed by atoms with Crippen LogP contribution in [0.5, 0.6) is 0 Å². The van der Waals surface area contributed by atoms with Crippen molar-refractivity contribution in [1.29, 1.82) is 0 Å². The molecule has 0 heterocycles. The second-order valence-corrected chi connectivity index (χ2v) is 2.66. The molecule has 52 valence electrons. The molecular weight excluding hydrogens is 132 g/mol. The maximum Gasteiger partial charge on any atom is 0.143 e. The normalized spacial score (nSPS) is 11.6. The van der Waals surface area contributed by atoms with E-state index in [2.05, 4.69) is 6.92 Å². The fraction of sp³-hybridized carbons (Fsp3) is 0.571. The van der Waals surface area contributed by atoms with Crippen molar-refractivity contribution in [2.75, 3.05) is 6.26 Å². The van der Waals surface area contributed by atoms with Crippen LogP contribution in [-0.4, -0.2) is 12.5 Å². The van der Waals surface area contributed by atoms with Crippen molar-refractivity contribution in [2.24, 2.45) is 0 Å². The number of carbonyl (C=O) groups excluding carboxylic acids is 1. The second-order valence-electron chi connectivity index (χ2n) is 1.72. The van der Waals surface area contributed by atoms with Crippen molar-refractivity contribution in [3.05, 3.63) is 11.0 Å². The lowest BCUT2D eigenvalue weighted by Gasteiger charge is -1.96. The third-order valence-corrected chi connectivity index (χ3v) is 1.88. The monoisotopic (exact) mass is 144 g/mol. The molecule has 0 fully saturated rings. The van der Waals surface area contributed by atoms with Crippen LogP contribution in [0.1, 0.15) is 19.8 Å². The van der Waals surface area contributed by atoms with E-state index >= 15 is 0 Å². The molecule has 2 heteroatoms. The Bertz CT molecular complexity index is 107. The average Bonchev–Trinajstić information content (AvgIpc) is 1.88. The zero-order valence-corrected chi connectivity index (χ0v) is 6.70. The van der Waals surface area contributed by atoms with E-state index in [9.17, 15) is 4.79 Å². The van der Waals surface area contributed by atoms with Gasteiger partial charge < -0.3 is 0 Å². The summed E-state index contributed by atoms with van der Waals surface area (Å²) in [5, 5.41) is 0. The van der Waals surface area contributed by atoms with E-state index in [-0.39, 0.29) is 0 Å². The van der Waals surface area contributed by atoms with Gasteiger partial charge in [0.15, 0.2) is 0 Å². The molecule has 9 heavy (non-hydrogen) atoms. The molecule has 0 amide bonds. The summed E-state index contributed by atoms with van der Waals surface area (Å²) in [5.74, 6) is 0. The fourth-order valence-electron chi connectivity index (χ4n) is 0.576. The van der Waals surface area contributed by atoms with Gasteiger partial charge in [-0.3, -0.25) is 4.79 Å². The molecule has 0 aliphatic heterocycles. The van der Waals surface area contributed by atoms with Gasteiger partial charge in [0, 0.05) is 0 Å². The summed E-state index contributed by atoms with van der Waals surface area (Å²) in [6, 6.07) is 0. The highest BCUT2D eigenvalue weighted by molar-refractivity contribution is 8.02. The van der Waals surface area contributed by atoms with E-state index in [1.807, 2.05) is 6.26 Å². The van der Waals surface area contributed by atoms with Crippen molar-refractivity contribution in [3.8, 4) is 0 Å².